The summed E-state index contributed by atoms with van der Waals surface area (Å²) in [5, 5.41) is 9.46. The van der Waals surface area contributed by atoms with Crippen LogP contribution in [0.25, 0.3) is 0 Å². The highest BCUT2D eigenvalue weighted by Crippen LogP contribution is 2.28. The lowest BCUT2D eigenvalue weighted by molar-refractivity contribution is -0.159. The number of carbonyl (C=O) groups is 2. The molecule has 0 aromatic heterocycles. The number of hydrogen-bond donors (Lipinski definition) is 1. The number of amides is 1. The maximum atomic E-state index is 11.5. The standard InChI is InChI=1S/C12H22N2O3/c1-3-7-14(10-15)12(11(16)17)5-8-13(4-2)9-6-12/h10H,3-9H2,1-2H3,(H,16,17). The third-order valence-corrected chi connectivity index (χ3v) is 3.67. The molecule has 1 aliphatic rings. The Morgan fingerprint density at radius 1 is 1.41 bits per heavy atom. The van der Waals surface area contributed by atoms with Crippen LogP contribution in [0.3, 0.4) is 0 Å². The minimum absolute atomic E-state index is 0.516. The molecule has 1 amide bonds. The zero-order valence-corrected chi connectivity index (χ0v) is 10.7. The van der Waals surface area contributed by atoms with Crippen molar-refractivity contribution in [1.29, 1.82) is 0 Å². The molecule has 1 rings (SSSR count). The molecule has 1 fully saturated rings. The van der Waals surface area contributed by atoms with Gasteiger partial charge in [0.25, 0.3) is 0 Å². The van der Waals surface area contributed by atoms with E-state index in [1.54, 1.807) is 0 Å². The highest BCUT2D eigenvalue weighted by molar-refractivity contribution is 5.81. The number of nitrogens with zero attached hydrogens (tertiary/aromatic N) is 2. The third-order valence-electron chi connectivity index (χ3n) is 3.67. The second-order valence-electron chi connectivity index (χ2n) is 4.57. The molecule has 1 saturated heterocycles. The van der Waals surface area contributed by atoms with Crippen LogP contribution in [0.5, 0.6) is 0 Å². The smallest absolute Gasteiger partial charge is 0.329 e. The van der Waals surface area contributed by atoms with E-state index in [0.717, 1.165) is 26.1 Å². The van der Waals surface area contributed by atoms with E-state index < -0.39 is 11.5 Å². The lowest BCUT2D eigenvalue weighted by Gasteiger charge is -2.44. The van der Waals surface area contributed by atoms with E-state index in [9.17, 15) is 14.7 Å². The summed E-state index contributed by atoms with van der Waals surface area (Å²) in [6, 6.07) is 0. The predicted molar refractivity (Wildman–Crippen MR) is 64.8 cm³/mol. The second kappa shape index (κ2) is 6.00. The Kier molecular flexibility index (Phi) is 4.93. The zero-order chi connectivity index (χ0) is 12.9. The normalized spacial score (nSPS) is 19.9. The van der Waals surface area contributed by atoms with Crippen LogP contribution in [0.4, 0.5) is 0 Å². The van der Waals surface area contributed by atoms with Crippen LogP contribution in [0.1, 0.15) is 33.1 Å². The molecule has 0 aromatic carbocycles. The number of hydrogen-bond acceptors (Lipinski definition) is 3. The van der Waals surface area contributed by atoms with E-state index >= 15 is 0 Å². The molecule has 1 N–H and O–H groups in total. The summed E-state index contributed by atoms with van der Waals surface area (Å²) in [4.78, 5) is 26.3. The quantitative estimate of drug-likeness (QED) is 0.700. The Morgan fingerprint density at radius 3 is 2.35 bits per heavy atom. The molecule has 0 saturated carbocycles. The molecule has 5 nitrogen and oxygen atoms in total. The molecule has 0 bridgehead atoms. The lowest BCUT2D eigenvalue weighted by atomic mass is 9.85. The van der Waals surface area contributed by atoms with Crippen LogP contribution in [-0.2, 0) is 9.59 Å². The van der Waals surface area contributed by atoms with Gasteiger partial charge in [-0.1, -0.05) is 13.8 Å². The molecule has 5 heteroatoms. The van der Waals surface area contributed by atoms with Gasteiger partial charge >= 0.3 is 5.97 Å². The van der Waals surface area contributed by atoms with Gasteiger partial charge in [0, 0.05) is 19.6 Å². The first-order valence-corrected chi connectivity index (χ1v) is 6.28. The topological polar surface area (TPSA) is 60.9 Å². The van der Waals surface area contributed by atoms with Crippen LogP contribution in [0.15, 0.2) is 0 Å². The van der Waals surface area contributed by atoms with Gasteiger partial charge in [-0.2, -0.15) is 0 Å². The van der Waals surface area contributed by atoms with Crippen LogP contribution >= 0.6 is 0 Å². The second-order valence-corrected chi connectivity index (χ2v) is 4.57. The predicted octanol–water partition coefficient (Wildman–Crippen LogP) is 0.794. The monoisotopic (exact) mass is 242 g/mol. The van der Waals surface area contributed by atoms with Crippen molar-refractivity contribution in [2.24, 2.45) is 0 Å². The summed E-state index contributed by atoms with van der Waals surface area (Å²) in [7, 11) is 0. The van der Waals surface area contributed by atoms with E-state index in [2.05, 4.69) is 11.8 Å². The lowest BCUT2D eigenvalue weighted by Crippen LogP contribution is -2.59. The van der Waals surface area contributed by atoms with Crippen LogP contribution in [0.2, 0.25) is 0 Å². The summed E-state index contributed by atoms with van der Waals surface area (Å²) in [6.45, 7) is 6.96. The fourth-order valence-corrected chi connectivity index (χ4v) is 2.47. The molecule has 0 spiro atoms. The molecule has 0 radical (unpaired) electrons. The summed E-state index contributed by atoms with van der Waals surface area (Å²) < 4.78 is 0. The van der Waals surface area contributed by atoms with Crippen molar-refractivity contribution in [3.05, 3.63) is 0 Å². The van der Waals surface area contributed by atoms with Crippen molar-refractivity contribution in [2.45, 2.75) is 38.6 Å². The summed E-state index contributed by atoms with van der Waals surface area (Å²) in [5.41, 5.74) is -0.983. The average molecular weight is 242 g/mol. The van der Waals surface area contributed by atoms with Crippen molar-refractivity contribution in [3.8, 4) is 0 Å². The van der Waals surface area contributed by atoms with Gasteiger partial charge in [0.1, 0.15) is 5.54 Å². The minimum atomic E-state index is -0.983. The number of carboxylic acid groups (broad SMARTS) is 1. The largest absolute Gasteiger partial charge is 0.479 e. The van der Waals surface area contributed by atoms with Gasteiger partial charge in [-0.05, 0) is 25.8 Å². The highest BCUT2D eigenvalue weighted by atomic mass is 16.4. The molecule has 1 aliphatic heterocycles. The number of carbonyl (C=O) groups excluding carboxylic acids is 1. The van der Waals surface area contributed by atoms with Crippen molar-refractivity contribution >= 4 is 12.4 Å². The Balaban J connectivity index is 2.83. The zero-order valence-electron chi connectivity index (χ0n) is 10.7. The van der Waals surface area contributed by atoms with Gasteiger partial charge in [0.05, 0.1) is 0 Å². The molecule has 0 aliphatic carbocycles. The molecule has 0 aromatic rings. The number of aliphatic carboxylic acids is 1. The number of rotatable bonds is 6. The first-order chi connectivity index (χ1) is 8.10. The Bertz CT molecular complexity index is 273. The van der Waals surface area contributed by atoms with Crippen molar-refractivity contribution in [1.82, 2.24) is 9.80 Å². The van der Waals surface area contributed by atoms with Gasteiger partial charge < -0.3 is 14.9 Å². The molecular weight excluding hydrogens is 220 g/mol. The molecule has 0 unspecified atom stereocenters. The number of likely N-dealkylation sites (tertiary alicyclic amines) is 1. The van der Waals surface area contributed by atoms with Crippen LogP contribution in [0, 0.1) is 0 Å². The molecule has 0 atom stereocenters. The maximum absolute atomic E-state index is 11.5. The first kappa shape index (κ1) is 14.0. The van der Waals surface area contributed by atoms with E-state index in [4.69, 9.17) is 0 Å². The van der Waals surface area contributed by atoms with Gasteiger partial charge in [-0.15, -0.1) is 0 Å². The highest BCUT2D eigenvalue weighted by Gasteiger charge is 2.45. The average Bonchev–Trinajstić information content (AvgIpc) is 2.35. The Hall–Kier alpha value is -1.10. The van der Waals surface area contributed by atoms with Crippen molar-refractivity contribution in [2.75, 3.05) is 26.2 Å². The van der Waals surface area contributed by atoms with Crippen molar-refractivity contribution in [3.63, 3.8) is 0 Å². The van der Waals surface area contributed by atoms with E-state index in [1.165, 1.54) is 4.90 Å². The van der Waals surface area contributed by atoms with Gasteiger partial charge in [0.2, 0.25) is 6.41 Å². The number of carboxylic acids is 1. The van der Waals surface area contributed by atoms with Gasteiger partial charge in [-0.3, -0.25) is 4.79 Å². The van der Waals surface area contributed by atoms with Crippen molar-refractivity contribution < 1.29 is 14.7 Å². The first-order valence-electron chi connectivity index (χ1n) is 6.28. The molecule has 1 heterocycles. The summed E-state index contributed by atoms with van der Waals surface area (Å²) >= 11 is 0. The number of piperidine rings is 1. The fourth-order valence-electron chi connectivity index (χ4n) is 2.47. The Morgan fingerprint density at radius 2 is 2.00 bits per heavy atom. The van der Waals surface area contributed by atoms with Crippen LogP contribution < -0.4 is 0 Å². The summed E-state index contributed by atoms with van der Waals surface area (Å²) in [5.74, 6) is -0.867. The minimum Gasteiger partial charge on any atom is -0.479 e. The van der Waals surface area contributed by atoms with Crippen LogP contribution in [-0.4, -0.2) is 59.0 Å². The van der Waals surface area contributed by atoms with E-state index in [1.807, 2.05) is 6.92 Å². The molecule has 17 heavy (non-hydrogen) atoms. The Labute approximate surface area is 102 Å². The fraction of sp³-hybridized carbons (Fsp3) is 0.833. The van der Waals surface area contributed by atoms with Gasteiger partial charge in [0.15, 0.2) is 0 Å². The molecular formula is C12H22N2O3. The maximum Gasteiger partial charge on any atom is 0.329 e. The third kappa shape index (κ3) is 2.77. The van der Waals surface area contributed by atoms with Gasteiger partial charge in [-0.25, -0.2) is 4.79 Å². The molecule has 98 valence electrons. The van der Waals surface area contributed by atoms with E-state index in [0.29, 0.717) is 25.8 Å². The van der Waals surface area contributed by atoms with E-state index in [-0.39, 0.29) is 0 Å². The summed E-state index contributed by atoms with van der Waals surface area (Å²) in [6.07, 6.45) is 2.52. The SMILES string of the molecule is CCCN(C=O)C1(C(=O)O)CCN(CC)CC1.